The Morgan fingerprint density at radius 2 is 1.91 bits per heavy atom. The second-order valence-corrected chi connectivity index (χ2v) is 7.45. The zero-order valence-electron chi connectivity index (χ0n) is 17.1. The van der Waals surface area contributed by atoms with Gasteiger partial charge in [-0.1, -0.05) is 12.1 Å². The number of amides is 1. The van der Waals surface area contributed by atoms with Gasteiger partial charge in [0.15, 0.2) is 0 Å². The van der Waals surface area contributed by atoms with Gasteiger partial charge in [-0.3, -0.25) is 4.79 Å². The summed E-state index contributed by atoms with van der Waals surface area (Å²) >= 11 is 0. The van der Waals surface area contributed by atoms with E-state index in [4.69, 9.17) is 5.73 Å². The molecule has 0 saturated carbocycles. The highest BCUT2D eigenvalue weighted by atomic mass is 35.5. The normalized spacial score (nSPS) is 13.2. The van der Waals surface area contributed by atoms with E-state index in [-0.39, 0.29) is 30.7 Å². The predicted molar refractivity (Wildman–Crippen MR) is 118 cm³/mol. The van der Waals surface area contributed by atoms with Gasteiger partial charge in [0.25, 0.3) is 11.9 Å². The lowest BCUT2D eigenvalue weighted by Gasteiger charge is -2.17. The summed E-state index contributed by atoms with van der Waals surface area (Å²) in [6.07, 6.45) is 4.54. The number of halogens is 3. The first kappa shape index (κ1) is 22.4. The minimum atomic E-state index is -0.710. The number of nitrogens with one attached hydrogen (secondary N) is 1. The number of benzene rings is 2. The third-order valence-electron chi connectivity index (χ3n) is 5.26. The van der Waals surface area contributed by atoms with Gasteiger partial charge in [0.05, 0.1) is 11.7 Å². The minimum Gasteiger partial charge on any atom is -0.348 e. The van der Waals surface area contributed by atoms with Gasteiger partial charge < -0.3 is 11.1 Å². The summed E-state index contributed by atoms with van der Waals surface area (Å²) in [6, 6.07) is 8.08. The van der Waals surface area contributed by atoms with Crippen LogP contribution >= 0.6 is 12.4 Å². The van der Waals surface area contributed by atoms with E-state index in [0.717, 1.165) is 11.6 Å². The predicted octanol–water partition coefficient (Wildman–Crippen LogP) is 2.91. The van der Waals surface area contributed by atoms with Crippen LogP contribution in [0.25, 0.3) is 17.1 Å². The number of carbonyl (C=O) groups is 1. The van der Waals surface area contributed by atoms with Gasteiger partial charge in [-0.15, -0.1) is 12.4 Å². The second-order valence-electron chi connectivity index (χ2n) is 7.45. The summed E-state index contributed by atoms with van der Waals surface area (Å²) in [5.41, 5.74) is 10.1. The summed E-state index contributed by atoms with van der Waals surface area (Å²) in [6.45, 7) is 0.480. The average Bonchev–Trinajstić information content (AvgIpc) is 3.43. The molecule has 2 aromatic carbocycles. The van der Waals surface area contributed by atoms with Crippen molar-refractivity contribution >= 4 is 18.3 Å². The highest BCUT2D eigenvalue weighted by Gasteiger charge is 2.22. The summed E-state index contributed by atoms with van der Waals surface area (Å²) in [5, 5.41) is 6.83. The molecule has 0 unspecified atom stereocenters. The highest BCUT2D eigenvalue weighted by Crippen LogP contribution is 2.30. The van der Waals surface area contributed by atoms with Crippen LogP contribution in [-0.2, 0) is 13.0 Å². The van der Waals surface area contributed by atoms with Crippen molar-refractivity contribution in [3.05, 3.63) is 89.3 Å². The second kappa shape index (κ2) is 9.00. The number of hydrogen-bond donors (Lipinski definition) is 2. The van der Waals surface area contributed by atoms with Crippen LogP contribution in [0.2, 0.25) is 0 Å². The zero-order chi connectivity index (χ0) is 22.2. The SMILES string of the molecule is Cl.N[C@@H](Cc1cc(F)cc(F)c1)c1nc(-n2cncn2)ncc1-c1ccc2c(c1)C(=O)NC2. The Hall–Kier alpha value is -3.76. The quantitative estimate of drug-likeness (QED) is 0.465. The number of aromatic nitrogens is 5. The van der Waals surface area contributed by atoms with E-state index in [2.05, 4.69) is 25.4 Å². The van der Waals surface area contributed by atoms with Gasteiger partial charge in [-0.25, -0.2) is 23.7 Å². The Labute approximate surface area is 193 Å². The Morgan fingerprint density at radius 1 is 1.12 bits per heavy atom. The summed E-state index contributed by atoms with van der Waals surface area (Å²) in [7, 11) is 0. The molecular weight excluding hydrogens is 452 g/mol. The van der Waals surface area contributed by atoms with Crippen LogP contribution in [-0.4, -0.2) is 30.6 Å². The molecule has 2 aromatic heterocycles. The largest absolute Gasteiger partial charge is 0.348 e. The van der Waals surface area contributed by atoms with Crippen LogP contribution < -0.4 is 11.1 Å². The molecule has 168 valence electrons. The van der Waals surface area contributed by atoms with Crippen molar-refractivity contribution in [1.82, 2.24) is 30.0 Å². The number of carbonyl (C=O) groups excluding carboxylic acids is 1. The van der Waals surface area contributed by atoms with Crippen LogP contribution in [0.3, 0.4) is 0 Å². The molecule has 5 rings (SSSR count). The molecular formula is C22H18ClF2N7O. The maximum atomic E-state index is 13.7. The summed E-state index contributed by atoms with van der Waals surface area (Å²) in [5.74, 6) is -1.25. The van der Waals surface area contributed by atoms with Crippen LogP contribution in [0, 0.1) is 11.6 Å². The lowest BCUT2D eigenvalue weighted by molar-refractivity contribution is 0.0966. The molecule has 0 radical (unpaired) electrons. The fraction of sp³-hybridized carbons (Fsp3) is 0.136. The minimum absolute atomic E-state index is 0. The van der Waals surface area contributed by atoms with Gasteiger partial charge in [0.2, 0.25) is 0 Å². The van der Waals surface area contributed by atoms with Gasteiger partial charge in [0, 0.05) is 29.9 Å². The van der Waals surface area contributed by atoms with Crippen LogP contribution in [0.1, 0.15) is 33.2 Å². The van der Waals surface area contributed by atoms with Crippen molar-refractivity contribution in [2.75, 3.05) is 0 Å². The van der Waals surface area contributed by atoms with Gasteiger partial charge in [-0.2, -0.15) is 9.78 Å². The molecule has 33 heavy (non-hydrogen) atoms. The Morgan fingerprint density at radius 3 is 2.64 bits per heavy atom. The van der Waals surface area contributed by atoms with Gasteiger partial charge in [0.1, 0.15) is 24.3 Å². The van der Waals surface area contributed by atoms with E-state index >= 15 is 0 Å². The first-order valence-corrected chi connectivity index (χ1v) is 9.82. The first-order valence-electron chi connectivity index (χ1n) is 9.82. The van der Waals surface area contributed by atoms with Gasteiger partial charge >= 0.3 is 0 Å². The van der Waals surface area contributed by atoms with Crippen molar-refractivity contribution < 1.29 is 13.6 Å². The van der Waals surface area contributed by atoms with Crippen molar-refractivity contribution in [3.8, 4) is 17.1 Å². The van der Waals surface area contributed by atoms with E-state index in [1.807, 2.05) is 12.1 Å². The lowest BCUT2D eigenvalue weighted by Crippen LogP contribution is -2.18. The third kappa shape index (κ3) is 4.43. The summed E-state index contributed by atoms with van der Waals surface area (Å²) < 4.78 is 28.7. The van der Waals surface area contributed by atoms with Crippen LogP contribution in [0.5, 0.6) is 0 Å². The van der Waals surface area contributed by atoms with E-state index in [1.54, 1.807) is 12.3 Å². The standard InChI is InChI=1S/C22H17F2N7O.ClH/c23-15-3-12(4-16(24)7-15)5-19(25)20-18(9-28-22(30-20)31-11-26-10-29-31)13-1-2-14-8-27-21(32)17(14)6-13;/h1-4,6-7,9-11,19H,5,8,25H2,(H,27,32);1H/t19-;/m0./s1. The molecule has 0 bridgehead atoms. The maximum absolute atomic E-state index is 13.7. The number of rotatable bonds is 5. The smallest absolute Gasteiger partial charge is 0.252 e. The molecule has 0 spiro atoms. The topological polar surface area (TPSA) is 112 Å². The average molecular weight is 470 g/mol. The highest BCUT2D eigenvalue weighted by molar-refractivity contribution is 5.99. The molecule has 0 aliphatic carbocycles. The van der Waals surface area contributed by atoms with E-state index in [0.29, 0.717) is 34.5 Å². The molecule has 1 atom stereocenters. The molecule has 0 fully saturated rings. The van der Waals surface area contributed by atoms with Crippen molar-refractivity contribution in [2.45, 2.75) is 19.0 Å². The molecule has 8 nitrogen and oxygen atoms in total. The third-order valence-corrected chi connectivity index (χ3v) is 5.26. The van der Waals surface area contributed by atoms with Gasteiger partial charge in [-0.05, 0) is 41.3 Å². The first-order chi connectivity index (χ1) is 15.5. The van der Waals surface area contributed by atoms with Crippen LogP contribution in [0.15, 0.2) is 55.2 Å². The fourth-order valence-electron chi connectivity index (χ4n) is 3.77. The van der Waals surface area contributed by atoms with E-state index in [1.165, 1.54) is 29.5 Å². The van der Waals surface area contributed by atoms with E-state index < -0.39 is 17.7 Å². The summed E-state index contributed by atoms with van der Waals surface area (Å²) in [4.78, 5) is 25.0. The Balaban J connectivity index is 0.00000259. The van der Waals surface area contributed by atoms with Crippen LogP contribution in [0.4, 0.5) is 8.78 Å². The monoisotopic (exact) mass is 469 g/mol. The lowest BCUT2D eigenvalue weighted by atomic mass is 9.95. The molecule has 1 aliphatic rings. The molecule has 3 N–H and O–H groups in total. The Kier molecular flexibility index (Phi) is 6.12. The Bertz CT molecular complexity index is 1310. The molecule has 4 aromatic rings. The molecule has 11 heteroatoms. The number of hydrogen-bond acceptors (Lipinski definition) is 6. The molecule has 1 aliphatic heterocycles. The van der Waals surface area contributed by atoms with E-state index in [9.17, 15) is 13.6 Å². The van der Waals surface area contributed by atoms with Crippen molar-refractivity contribution in [3.63, 3.8) is 0 Å². The number of nitrogens with two attached hydrogens (primary N) is 1. The molecule has 1 amide bonds. The molecule has 3 heterocycles. The zero-order valence-corrected chi connectivity index (χ0v) is 17.9. The number of fused-ring (bicyclic) bond motifs is 1. The number of nitrogens with zero attached hydrogens (tertiary/aromatic N) is 5. The maximum Gasteiger partial charge on any atom is 0.252 e. The molecule has 0 saturated heterocycles. The fourth-order valence-corrected chi connectivity index (χ4v) is 3.77. The van der Waals surface area contributed by atoms with Crippen molar-refractivity contribution in [1.29, 1.82) is 0 Å². The van der Waals surface area contributed by atoms with Crippen molar-refractivity contribution in [2.24, 2.45) is 5.73 Å².